The van der Waals surface area contributed by atoms with Gasteiger partial charge in [0.2, 0.25) is 0 Å². The molecule has 0 spiro atoms. The maximum Gasteiger partial charge on any atom is 0.326 e. The van der Waals surface area contributed by atoms with Crippen molar-refractivity contribution < 1.29 is 9.53 Å². The first-order chi connectivity index (χ1) is 7.89. The number of rotatable bonds is 4. The first-order valence-electron chi connectivity index (χ1n) is 6.84. The minimum absolute atomic E-state index is 0.0371. The van der Waals surface area contributed by atoms with E-state index >= 15 is 0 Å². The van der Waals surface area contributed by atoms with Gasteiger partial charge in [-0.15, -0.1) is 0 Å². The standard InChI is InChI=1S/C14H25NO2/c1-5-17-12(16)14(15-11-6-7-11)9-13(3,4)8-10(14)2/h10-11,15H,5-9H2,1-4H3. The summed E-state index contributed by atoms with van der Waals surface area (Å²) in [5, 5.41) is 3.58. The van der Waals surface area contributed by atoms with E-state index in [4.69, 9.17) is 4.74 Å². The lowest BCUT2D eigenvalue weighted by atomic mass is 9.86. The first kappa shape index (κ1) is 12.9. The van der Waals surface area contributed by atoms with E-state index in [1.165, 1.54) is 12.8 Å². The summed E-state index contributed by atoms with van der Waals surface area (Å²) >= 11 is 0. The van der Waals surface area contributed by atoms with Crippen LogP contribution in [0.4, 0.5) is 0 Å². The van der Waals surface area contributed by atoms with Gasteiger partial charge in [-0.05, 0) is 43.9 Å². The normalized spacial score (nSPS) is 35.9. The molecule has 3 nitrogen and oxygen atoms in total. The highest BCUT2D eigenvalue weighted by Crippen LogP contribution is 2.49. The quantitative estimate of drug-likeness (QED) is 0.766. The Morgan fingerprint density at radius 2 is 2.06 bits per heavy atom. The van der Waals surface area contributed by atoms with Crippen molar-refractivity contribution in [2.75, 3.05) is 6.61 Å². The zero-order chi connectivity index (χ0) is 12.7. The fraction of sp³-hybridized carbons (Fsp3) is 0.929. The maximum absolute atomic E-state index is 12.3. The fourth-order valence-corrected chi connectivity index (χ4v) is 3.38. The predicted octanol–water partition coefficient (Wildman–Crippen LogP) is 2.50. The van der Waals surface area contributed by atoms with Gasteiger partial charge in [0.15, 0.2) is 0 Å². The van der Waals surface area contributed by atoms with Crippen LogP contribution >= 0.6 is 0 Å². The second kappa shape index (κ2) is 4.27. The summed E-state index contributed by atoms with van der Waals surface area (Å²) in [5.41, 5.74) is -0.200. The van der Waals surface area contributed by atoms with E-state index in [1.54, 1.807) is 0 Å². The Balaban J connectivity index is 2.19. The molecule has 17 heavy (non-hydrogen) atoms. The summed E-state index contributed by atoms with van der Waals surface area (Å²) in [6.45, 7) is 9.03. The van der Waals surface area contributed by atoms with Crippen LogP contribution in [0.1, 0.15) is 53.4 Å². The van der Waals surface area contributed by atoms with Gasteiger partial charge in [-0.1, -0.05) is 20.8 Å². The maximum atomic E-state index is 12.3. The van der Waals surface area contributed by atoms with Gasteiger partial charge in [-0.2, -0.15) is 0 Å². The highest BCUT2D eigenvalue weighted by atomic mass is 16.5. The molecule has 0 heterocycles. The number of hydrogen-bond acceptors (Lipinski definition) is 3. The van der Waals surface area contributed by atoms with Crippen LogP contribution in [0.3, 0.4) is 0 Å². The lowest BCUT2D eigenvalue weighted by Crippen LogP contribution is -2.56. The Kier molecular flexibility index (Phi) is 3.23. The van der Waals surface area contributed by atoms with Gasteiger partial charge < -0.3 is 4.74 Å². The van der Waals surface area contributed by atoms with Gasteiger partial charge in [-0.3, -0.25) is 10.1 Å². The summed E-state index contributed by atoms with van der Waals surface area (Å²) in [6, 6.07) is 0.538. The van der Waals surface area contributed by atoms with Gasteiger partial charge in [0.05, 0.1) is 6.61 Å². The Morgan fingerprint density at radius 1 is 1.41 bits per heavy atom. The molecule has 2 aliphatic carbocycles. The minimum Gasteiger partial charge on any atom is -0.465 e. The highest BCUT2D eigenvalue weighted by Gasteiger charge is 2.56. The Hall–Kier alpha value is -0.570. The molecule has 2 rings (SSSR count). The average molecular weight is 239 g/mol. The van der Waals surface area contributed by atoms with E-state index < -0.39 is 5.54 Å². The third-order valence-corrected chi connectivity index (χ3v) is 4.14. The molecule has 0 aliphatic heterocycles. The smallest absolute Gasteiger partial charge is 0.326 e. The van der Waals surface area contributed by atoms with Crippen molar-refractivity contribution in [3.63, 3.8) is 0 Å². The summed E-state index contributed by atoms with van der Waals surface area (Å²) in [5.74, 6) is 0.321. The van der Waals surface area contributed by atoms with Crippen LogP contribution in [0.2, 0.25) is 0 Å². The van der Waals surface area contributed by atoms with Gasteiger partial charge in [0, 0.05) is 6.04 Å². The van der Waals surface area contributed by atoms with Crippen molar-refractivity contribution in [2.45, 2.75) is 65.0 Å². The number of ether oxygens (including phenoxy) is 1. The second-order valence-electron chi connectivity index (χ2n) is 6.56. The van der Waals surface area contributed by atoms with Crippen LogP contribution in [-0.2, 0) is 9.53 Å². The van der Waals surface area contributed by atoms with E-state index in [2.05, 4.69) is 26.1 Å². The van der Waals surface area contributed by atoms with Crippen LogP contribution in [0, 0.1) is 11.3 Å². The van der Waals surface area contributed by atoms with Crippen LogP contribution in [0.15, 0.2) is 0 Å². The molecule has 0 amide bonds. The molecule has 2 saturated carbocycles. The molecule has 2 fully saturated rings. The van der Waals surface area contributed by atoms with Gasteiger partial charge in [0.1, 0.15) is 5.54 Å². The predicted molar refractivity (Wildman–Crippen MR) is 67.7 cm³/mol. The molecule has 2 unspecified atom stereocenters. The van der Waals surface area contributed by atoms with Crippen molar-refractivity contribution >= 4 is 5.97 Å². The molecule has 1 N–H and O–H groups in total. The van der Waals surface area contributed by atoms with Crippen LogP contribution in [0.5, 0.6) is 0 Å². The highest BCUT2D eigenvalue weighted by molar-refractivity contribution is 5.82. The Morgan fingerprint density at radius 3 is 2.47 bits per heavy atom. The second-order valence-corrected chi connectivity index (χ2v) is 6.56. The van der Waals surface area contributed by atoms with Crippen molar-refractivity contribution in [1.29, 1.82) is 0 Å². The third-order valence-electron chi connectivity index (χ3n) is 4.14. The molecule has 2 atom stereocenters. The zero-order valence-corrected chi connectivity index (χ0v) is 11.5. The van der Waals surface area contributed by atoms with Crippen molar-refractivity contribution in [2.24, 2.45) is 11.3 Å². The summed E-state index contributed by atoms with van der Waals surface area (Å²) < 4.78 is 5.32. The van der Waals surface area contributed by atoms with Gasteiger partial charge in [0.25, 0.3) is 0 Å². The molecule has 0 saturated heterocycles. The summed E-state index contributed by atoms with van der Waals surface area (Å²) in [4.78, 5) is 12.3. The molecular formula is C14H25NO2. The number of carbonyl (C=O) groups is 1. The molecular weight excluding hydrogens is 214 g/mol. The topological polar surface area (TPSA) is 38.3 Å². The average Bonchev–Trinajstić information content (AvgIpc) is 2.95. The lowest BCUT2D eigenvalue weighted by molar-refractivity contribution is -0.153. The minimum atomic E-state index is -0.430. The van der Waals surface area contributed by atoms with Crippen molar-refractivity contribution in [1.82, 2.24) is 5.32 Å². The number of hydrogen-bond donors (Lipinski definition) is 1. The third kappa shape index (κ3) is 2.49. The fourth-order valence-electron chi connectivity index (χ4n) is 3.38. The van der Waals surface area contributed by atoms with E-state index in [0.29, 0.717) is 18.6 Å². The lowest BCUT2D eigenvalue weighted by Gasteiger charge is -2.33. The Labute approximate surface area is 104 Å². The van der Waals surface area contributed by atoms with Crippen molar-refractivity contribution in [3.8, 4) is 0 Å². The Bertz CT molecular complexity index is 309. The molecule has 0 aromatic carbocycles. The molecule has 3 heteroatoms. The van der Waals surface area contributed by atoms with E-state index in [0.717, 1.165) is 12.8 Å². The van der Waals surface area contributed by atoms with E-state index in [1.807, 2.05) is 6.92 Å². The van der Waals surface area contributed by atoms with Gasteiger partial charge >= 0.3 is 5.97 Å². The molecule has 0 radical (unpaired) electrons. The molecule has 98 valence electrons. The monoisotopic (exact) mass is 239 g/mol. The number of esters is 1. The van der Waals surface area contributed by atoms with Crippen LogP contribution in [-0.4, -0.2) is 24.2 Å². The molecule has 0 aromatic heterocycles. The number of carbonyl (C=O) groups excluding carboxylic acids is 1. The zero-order valence-electron chi connectivity index (χ0n) is 11.5. The first-order valence-corrected chi connectivity index (χ1v) is 6.84. The van der Waals surface area contributed by atoms with E-state index in [-0.39, 0.29) is 11.4 Å². The summed E-state index contributed by atoms with van der Waals surface area (Å²) in [6.07, 6.45) is 4.39. The molecule has 2 aliphatic rings. The number of nitrogens with one attached hydrogen (secondary N) is 1. The van der Waals surface area contributed by atoms with E-state index in [9.17, 15) is 4.79 Å². The molecule has 0 bridgehead atoms. The van der Waals surface area contributed by atoms with Crippen LogP contribution in [0.25, 0.3) is 0 Å². The van der Waals surface area contributed by atoms with Crippen LogP contribution < -0.4 is 5.32 Å². The molecule has 0 aromatic rings. The van der Waals surface area contributed by atoms with Gasteiger partial charge in [-0.25, -0.2) is 0 Å². The van der Waals surface area contributed by atoms with Crippen molar-refractivity contribution in [3.05, 3.63) is 0 Å². The SMILES string of the molecule is CCOC(=O)C1(NC2CC2)CC(C)(C)CC1C. The summed E-state index contributed by atoms with van der Waals surface area (Å²) in [7, 11) is 0. The largest absolute Gasteiger partial charge is 0.465 e.